The molecule has 0 aromatic carbocycles. The van der Waals surface area contributed by atoms with E-state index in [1.807, 2.05) is 0 Å². The van der Waals surface area contributed by atoms with E-state index in [1.165, 1.54) is 0 Å². The molecular weight excluding hydrogens is 513 g/mol. The van der Waals surface area contributed by atoms with Crippen LogP contribution in [0.25, 0.3) is 0 Å². The topological polar surface area (TPSA) is 326 Å². The number of aliphatic hydroxyl groups is 4. The Kier molecular flexibility index (Phi) is 22.7. The van der Waals surface area contributed by atoms with E-state index in [0.717, 1.165) is 0 Å². The third kappa shape index (κ3) is 9.81. The number of carbonyl (C=O) groups excluding carboxylic acids is 4. The van der Waals surface area contributed by atoms with Crippen LogP contribution in [0.3, 0.4) is 0 Å². The van der Waals surface area contributed by atoms with Crippen LogP contribution in [0, 0.1) is 0 Å². The van der Waals surface area contributed by atoms with Gasteiger partial charge in [0.25, 0.3) is 0 Å². The average Bonchev–Trinajstić information content (AvgIpc) is 2.50. The van der Waals surface area contributed by atoms with Crippen molar-refractivity contribution in [2.45, 2.75) is 24.4 Å². The van der Waals surface area contributed by atoms with Gasteiger partial charge in [-0.1, -0.05) is 0 Å². The summed E-state index contributed by atoms with van der Waals surface area (Å²) in [7, 11) is 0. The minimum atomic E-state index is -4.39. The normalized spacial score (nSPS) is 21.1. The van der Waals surface area contributed by atoms with Gasteiger partial charge in [-0.2, -0.15) is 0 Å². The maximum Gasteiger partial charge on any atom is 1.00 e. The van der Waals surface area contributed by atoms with Gasteiger partial charge in [-0.3, -0.25) is 0 Å². The van der Waals surface area contributed by atoms with Crippen LogP contribution < -0.4 is 56.5 Å². The first kappa shape index (κ1) is 36.9. The fourth-order valence-electron chi connectivity index (χ4n) is 0.954. The molecule has 26 heavy (non-hydrogen) atoms. The minimum Gasteiger partial charge on any atom is 1.00 e. The van der Waals surface area contributed by atoms with Gasteiger partial charge in [-0.15, -0.1) is 0 Å². The van der Waals surface area contributed by atoms with Crippen molar-refractivity contribution in [3.8, 4) is 0 Å². The molecule has 0 aliphatic carbocycles. The van der Waals surface area contributed by atoms with Crippen LogP contribution in [-0.4, -0.2) is 112 Å². The van der Waals surface area contributed by atoms with Gasteiger partial charge < -0.3 is 21.9 Å². The van der Waals surface area contributed by atoms with Crippen LogP contribution in [0.2, 0.25) is 0 Å². The summed E-state index contributed by atoms with van der Waals surface area (Å²) in [4.78, 5) is 43.8. The van der Waals surface area contributed by atoms with Crippen molar-refractivity contribution >= 4 is 45.3 Å². The minimum absolute atomic E-state index is 0. The van der Waals surface area contributed by atoms with Gasteiger partial charge in [0.15, 0.2) is 0 Å². The van der Waals surface area contributed by atoms with E-state index in [2.05, 4.69) is 9.05 Å². The molecule has 0 aromatic rings. The van der Waals surface area contributed by atoms with Crippen molar-refractivity contribution in [2.24, 2.45) is 0 Å². The molecule has 4 unspecified atom stereocenters. The Labute approximate surface area is 194 Å². The smallest absolute Gasteiger partial charge is 1.00 e. The van der Waals surface area contributed by atoms with E-state index in [4.69, 9.17) is 20.4 Å². The molecule has 1 aliphatic heterocycles. The van der Waals surface area contributed by atoms with E-state index < -0.39 is 69.8 Å². The number of hydrogen-bond acceptors (Lipinski definition) is 12. The number of rotatable bonds is 4. The summed E-state index contributed by atoms with van der Waals surface area (Å²) in [6, 6.07) is 0. The van der Waals surface area contributed by atoms with E-state index in [-0.39, 0.29) is 73.3 Å². The molecular formula is C8H16KO16Sb. The molecule has 0 aromatic heterocycles. The number of carboxylic acid groups (broad SMARTS) is 1. The summed E-state index contributed by atoms with van der Waals surface area (Å²) in [6.07, 6.45) is -9.68. The third-order valence-electron chi connectivity index (χ3n) is 2.06. The SMILES string of the molecule is O.O.O.O.O=C([O-])C(O)C(O)C(=O)[O][Sb]1[O]C(=O)C(O)C(O)C(=O)[O]1.[K+]. The van der Waals surface area contributed by atoms with E-state index in [1.54, 1.807) is 0 Å². The van der Waals surface area contributed by atoms with Gasteiger partial charge in [0.1, 0.15) is 0 Å². The molecule has 0 saturated carbocycles. The van der Waals surface area contributed by atoms with Gasteiger partial charge in [-0.25, -0.2) is 0 Å². The number of hydrogen-bond donors (Lipinski definition) is 4. The first-order valence-electron chi connectivity index (χ1n) is 5.03. The number of aliphatic carboxylic acids is 1. The van der Waals surface area contributed by atoms with E-state index in [0.29, 0.717) is 0 Å². The Hall–Kier alpha value is 0.0145. The molecule has 0 radical (unpaired) electrons. The second-order valence-electron chi connectivity index (χ2n) is 3.55. The predicted molar refractivity (Wildman–Crippen MR) is 67.5 cm³/mol. The first-order chi connectivity index (χ1) is 9.65. The molecule has 1 fully saturated rings. The van der Waals surface area contributed by atoms with Gasteiger partial charge in [-0.05, 0) is 0 Å². The van der Waals surface area contributed by atoms with Crippen molar-refractivity contribution in [2.75, 3.05) is 0 Å². The van der Waals surface area contributed by atoms with Crippen LogP contribution in [0.4, 0.5) is 0 Å². The van der Waals surface area contributed by atoms with Crippen LogP contribution in [0.1, 0.15) is 0 Å². The number of aliphatic hydroxyl groups excluding tert-OH is 4. The Bertz CT molecular complexity index is 449. The standard InChI is InChI=1S/2C4H6O6.K.4H2O.Sb/c2*5-1(3(7)8)2(6)4(9)10;;;;;;/h2*1-2,5-6H,(H,7,8)(H,9,10);;4*1H2;/q;;+1;;;;;+3/p-4. The molecule has 18 heteroatoms. The fraction of sp³-hybridized carbons (Fsp3) is 0.500. The van der Waals surface area contributed by atoms with Crippen molar-refractivity contribution in [3.05, 3.63) is 0 Å². The summed E-state index contributed by atoms with van der Waals surface area (Å²) in [6.45, 7) is 0. The maximum absolute atomic E-state index is 11.3. The van der Waals surface area contributed by atoms with Gasteiger partial charge in [0.05, 0.1) is 0 Å². The van der Waals surface area contributed by atoms with Gasteiger partial charge >= 0.3 is 175 Å². The second-order valence-corrected chi connectivity index (χ2v) is 6.39. The molecule has 1 rings (SSSR count). The van der Waals surface area contributed by atoms with Crippen LogP contribution in [-0.2, 0) is 28.2 Å². The molecule has 1 heterocycles. The van der Waals surface area contributed by atoms with Crippen LogP contribution in [0.5, 0.6) is 0 Å². The van der Waals surface area contributed by atoms with Crippen LogP contribution in [0.15, 0.2) is 0 Å². The Morgan fingerprint density at radius 2 is 1.31 bits per heavy atom. The fourth-order valence-corrected chi connectivity index (χ4v) is 3.46. The third-order valence-corrected chi connectivity index (χ3v) is 4.87. The molecule has 4 atom stereocenters. The number of carboxylic acids is 1. The zero-order valence-electron chi connectivity index (χ0n) is 12.8. The van der Waals surface area contributed by atoms with E-state index >= 15 is 0 Å². The molecule has 16 nitrogen and oxygen atoms in total. The van der Waals surface area contributed by atoms with Crippen molar-refractivity contribution in [1.82, 2.24) is 0 Å². The zero-order chi connectivity index (χ0) is 16.3. The zero-order valence-corrected chi connectivity index (χ0v) is 18.5. The summed E-state index contributed by atoms with van der Waals surface area (Å²) in [5, 5.41) is 46.4. The number of carbonyl (C=O) groups is 4. The van der Waals surface area contributed by atoms with Crippen LogP contribution >= 0.6 is 0 Å². The molecule has 12 N–H and O–H groups in total. The Morgan fingerprint density at radius 3 is 1.62 bits per heavy atom. The summed E-state index contributed by atoms with van der Waals surface area (Å²) >= 11 is -4.39. The molecule has 1 saturated heterocycles. The molecule has 1 aliphatic rings. The van der Waals surface area contributed by atoms with E-state index in [9.17, 15) is 24.3 Å². The quantitative estimate of drug-likeness (QED) is 0.247. The largest absolute Gasteiger partial charge is 1.00 e. The van der Waals surface area contributed by atoms with Gasteiger partial charge in [0.2, 0.25) is 0 Å². The summed E-state index contributed by atoms with van der Waals surface area (Å²) < 4.78 is 12.9. The average molecular weight is 529 g/mol. The monoisotopic (exact) mass is 528 g/mol. The molecule has 150 valence electrons. The molecule has 0 bridgehead atoms. The van der Waals surface area contributed by atoms with Crippen molar-refractivity contribution < 1.29 is 127 Å². The second kappa shape index (κ2) is 16.0. The Morgan fingerprint density at radius 1 is 0.962 bits per heavy atom. The van der Waals surface area contributed by atoms with Crippen molar-refractivity contribution in [1.29, 1.82) is 0 Å². The Balaban J connectivity index is -0.000000294. The maximum atomic E-state index is 11.3. The molecule has 0 spiro atoms. The first-order valence-corrected chi connectivity index (χ1v) is 8.16. The van der Waals surface area contributed by atoms with Gasteiger partial charge in [0, 0.05) is 0 Å². The summed E-state index contributed by atoms with van der Waals surface area (Å²) in [5.74, 6) is -6.92. The predicted octanol–water partition coefficient (Wildman–Crippen LogP) is -12.5. The molecule has 0 amide bonds. The summed E-state index contributed by atoms with van der Waals surface area (Å²) in [5.41, 5.74) is 0. The van der Waals surface area contributed by atoms with Crippen molar-refractivity contribution in [3.63, 3.8) is 0 Å².